The Morgan fingerprint density at radius 2 is 1.90 bits per heavy atom. The molecule has 4 rings (SSSR count). The first-order chi connectivity index (χ1) is 13.9. The number of β-amino-alcohol motifs (C(OH)–C–C–N with tert-alkyl or cyclic N) is 1. The van der Waals surface area contributed by atoms with Crippen LogP contribution in [0.2, 0.25) is 4.34 Å². The fourth-order valence-corrected chi connectivity index (χ4v) is 4.87. The van der Waals surface area contributed by atoms with Gasteiger partial charge in [0.15, 0.2) is 0 Å². The third-order valence-electron chi connectivity index (χ3n) is 5.67. The maximum Gasteiger partial charge on any atom is 0.261 e. The molecule has 2 aromatic rings. The highest BCUT2D eigenvalue weighted by Gasteiger charge is 2.35. The van der Waals surface area contributed by atoms with E-state index in [0.29, 0.717) is 14.8 Å². The minimum Gasteiger partial charge on any atom is -0.389 e. The number of aliphatic hydroxyl groups excluding tert-OH is 1. The molecule has 1 aromatic carbocycles. The predicted molar refractivity (Wildman–Crippen MR) is 114 cm³/mol. The highest BCUT2D eigenvalue weighted by Crippen LogP contribution is 2.23. The van der Waals surface area contributed by atoms with Crippen LogP contribution in [0.4, 0.5) is 0 Å². The Morgan fingerprint density at radius 3 is 2.62 bits per heavy atom. The zero-order valence-corrected chi connectivity index (χ0v) is 17.8. The third-order valence-corrected chi connectivity index (χ3v) is 6.90. The van der Waals surface area contributed by atoms with Crippen molar-refractivity contribution in [3.63, 3.8) is 0 Å². The van der Waals surface area contributed by atoms with E-state index in [1.165, 1.54) is 22.5 Å². The number of likely N-dealkylation sites (N-methyl/N-ethyl adjacent to an activating group) is 1. The molecule has 0 aliphatic carbocycles. The van der Waals surface area contributed by atoms with Crippen LogP contribution in [0.5, 0.6) is 0 Å². The van der Waals surface area contributed by atoms with Gasteiger partial charge < -0.3 is 20.2 Å². The van der Waals surface area contributed by atoms with Crippen molar-refractivity contribution in [2.75, 3.05) is 33.2 Å². The van der Waals surface area contributed by atoms with Gasteiger partial charge in [-0.05, 0) is 55.3 Å². The van der Waals surface area contributed by atoms with Crippen LogP contribution in [-0.4, -0.2) is 72.1 Å². The third kappa shape index (κ3) is 4.48. The molecule has 0 saturated carbocycles. The normalized spacial score (nSPS) is 22.2. The van der Waals surface area contributed by atoms with Gasteiger partial charge in [0.05, 0.1) is 21.4 Å². The Kier molecular flexibility index (Phi) is 5.92. The number of nitrogens with one attached hydrogen (secondary N) is 1. The van der Waals surface area contributed by atoms with Crippen molar-refractivity contribution < 1.29 is 14.7 Å². The number of rotatable bonds is 3. The molecule has 1 saturated heterocycles. The summed E-state index contributed by atoms with van der Waals surface area (Å²) in [6, 6.07) is 8.73. The molecular weight excluding hydrogens is 410 g/mol. The van der Waals surface area contributed by atoms with Crippen LogP contribution in [0.15, 0.2) is 30.3 Å². The molecule has 6 nitrogen and oxygen atoms in total. The molecular formula is C21H24ClN3O3S. The molecule has 1 fully saturated rings. The summed E-state index contributed by atoms with van der Waals surface area (Å²) in [6.07, 6.45) is 1.12. The standard InChI is InChI=1S/C21H24ClN3O3S/c1-24-8-6-13-2-3-15(10-14(13)7-9-24)21(28)25-11-16(17(26)12-25)23-20(27)18-4-5-19(22)29-18/h2-5,10,16-17,26H,6-9,11-12H2,1H3,(H,23,27). The van der Waals surface area contributed by atoms with E-state index in [1.54, 1.807) is 17.0 Å². The van der Waals surface area contributed by atoms with Gasteiger partial charge in [-0.15, -0.1) is 11.3 Å². The minimum absolute atomic E-state index is 0.111. The van der Waals surface area contributed by atoms with Crippen LogP contribution < -0.4 is 5.32 Å². The summed E-state index contributed by atoms with van der Waals surface area (Å²) in [4.78, 5) is 29.8. The summed E-state index contributed by atoms with van der Waals surface area (Å²) < 4.78 is 0.535. The molecule has 29 heavy (non-hydrogen) atoms. The number of hydrogen-bond acceptors (Lipinski definition) is 5. The zero-order chi connectivity index (χ0) is 20.5. The number of halogens is 1. The number of fused-ring (bicyclic) bond motifs is 1. The van der Waals surface area contributed by atoms with Gasteiger partial charge in [0.2, 0.25) is 0 Å². The van der Waals surface area contributed by atoms with Crippen molar-refractivity contribution in [3.05, 3.63) is 56.2 Å². The van der Waals surface area contributed by atoms with E-state index in [2.05, 4.69) is 17.3 Å². The first-order valence-corrected chi connectivity index (χ1v) is 10.9. The smallest absolute Gasteiger partial charge is 0.261 e. The summed E-state index contributed by atoms with van der Waals surface area (Å²) in [6.45, 7) is 2.49. The van der Waals surface area contributed by atoms with Crippen molar-refractivity contribution in [1.82, 2.24) is 15.1 Å². The molecule has 2 aliphatic heterocycles. The molecule has 1 aromatic heterocycles. The van der Waals surface area contributed by atoms with Crippen LogP contribution in [0.1, 0.15) is 31.2 Å². The molecule has 0 radical (unpaired) electrons. The lowest BCUT2D eigenvalue weighted by atomic mass is 9.99. The first kappa shape index (κ1) is 20.3. The number of benzene rings is 1. The average molecular weight is 434 g/mol. The second-order valence-electron chi connectivity index (χ2n) is 7.75. The van der Waals surface area contributed by atoms with Crippen LogP contribution in [0.25, 0.3) is 0 Å². The second-order valence-corrected chi connectivity index (χ2v) is 9.46. The molecule has 2 unspecified atom stereocenters. The van der Waals surface area contributed by atoms with E-state index in [-0.39, 0.29) is 24.9 Å². The number of hydrogen-bond donors (Lipinski definition) is 2. The van der Waals surface area contributed by atoms with Crippen molar-refractivity contribution >= 4 is 34.8 Å². The Labute approximate surface area is 179 Å². The number of likely N-dealkylation sites (tertiary alicyclic amines) is 1. The molecule has 154 valence electrons. The SMILES string of the molecule is CN1CCc2ccc(C(=O)N3CC(O)C(NC(=O)c4ccc(Cl)s4)C3)cc2CC1. The van der Waals surface area contributed by atoms with Gasteiger partial charge in [0.1, 0.15) is 0 Å². The summed E-state index contributed by atoms with van der Waals surface area (Å²) in [5.41, 5.74) is 3.16. The fraction of sp³-hybridized carbons (Fsp3) is 0.429. The van der Waals surface area contributed by atoms with E-state index in [9.17, 15) is 14.7 Å². The molecule has 8 heteroatoms. The molecule has 2 atom stereocenters. The average Bonchev–Trinajstić information content (AvgIpc) is 3.24. The van der Waals surface area contributed by atoms with Gasteiger partial charge in [-0.1, -0.05) is 17.7 Å². The number of carbonyl (C=O) groups excluding carboxylic acids is 2. The fourth-order valence-electron chi connectivity index (χ4n) is 3.92. The lowest BCUT2D eigenvalue weighted by molar-refractivity contribution is 0.0765. The van der Waals surface area contributed by atoms with E-state index in [4.69, 9.17) is 11.6 Å². The quantitative estimate of drug-likeness (QED) is 0.777. The largest absolute Gasteiger partial charge is 0.389 e. The molecule has 0 bridgehead atoms. The van der Waals surface area contributed by atoms with Crippen LogP contribution >= 0.6 is 22.9 Å². The Morgan fingerprint density at radius 1 is 1.14 bits per heavy atom. The molecule has 0 spiro atoms. The molecule has 2 amide bonds. The lowest BCUT2D eigenvalue weighted by Gasteiger charge is -2.18. The van der Waals surface area contributed by atoms with Gasteiger partial charge in [0.25, 0.3) is 11.8 Å². The van der Waals surface area contributed by atoms with Gasteiger partial charge in [-0.3, -0.25) is 9.59 Å². The topological polar surface area (TPSA) is 72.9 Å². The number of nitrogens with zero attached hydrogens (tertiary/aromatic N) is 2. The lowest BCUT2D eigenvalue weighted by Crippen LogP contribution is -2.42. The number of amides is 2. The van der Waals surface area contributed by atoms with Gasteiger partial charge in [0, 0.05) is 31.7 Å². The maximum absolute atomic E-state index is 13.0. The molecule has 2 N–H and O–H groups in total. The summed E-state index contributed by atoms with van der Waals surface area (Å²) >= 11 is 7.07. The Bertz CT molecular complexity index is 932. The van der Waals surface area contributed by atoms with Gasteiger partial charge in [-0.2, -0.15) is 0 Å². The highest BCUT2D eigenvalue weighted by atomic mass is 35.5. The Hall–Kier alpha value is -1.93. The summed E-state index contributed by atoms with van der Waals surface area (Å²) in [7, 11) is 2.11. The van der Waals surface area contributed by atoms with Gasteiger partial charge in [-0.25, -0.2) is 0 Å². The van der Waals surface area contributed by atoms with Crippen molar-refractivity contribution in [1.29, 1.82) is 0 Å². The van der Waals surface area contributed by atoms with E-state index in [1.807, 2.05) is 18.2 Å². The van der Waals surface area contributed by atoms with Crippen LogP contribution in [0.3, 0.4) is 0 Å². The summed E-state index contributed by atoms with van der Waals surface area (Å²) in [5.74, 6) is -0.394. The minimum atomic E-state index is -0.798. The number of thiophene rings is 1. The van der Waals surface area contributed by atoms with Crippen molar-refractivity contribution in [3.8, 4) is 0 Å². The number of aliphatic hydroxyl groups is 1. The van der Waals surface area contributed by atoms with E-state index >= 15 is 0 Å². The van der Waals surface area contributed by atoms with Crippen LogP contribution in [0, 0.1) is 0 Å². The van der Waals surface area contributed by atoms with Crippen molar-refractivity contribution in [2.24, 2.45) is 0 Å². The van der Waals surface area contributed by atoms with E-state index in [0.717, 1.165) is 25.9 Å². The highest BCUT2D eigenvalue weighted by molar-refractivity contribution is 7.18. The first-order valence-electron chi connectivity index (χ1n) is 9.74. The van der Waals surface area contributed by atoms with Gasteiger partial charge >= 0.3 is 0 Å². The second kappa shape index (κ2) is 8.44. The zero-order valence-electron chi connectivity index (χ0n) is 16.2. The monoisotopic (exact) mass is 433 g/mol. The van der Waals surface area contributed by atoms with Crippen molar-refractivity contribution in [2.45, 2.75) is 25.0 Å². The maximum atomic E-state index is 13.0. The van der Waals surface area contributed by atoms with E-state index < -0.39 is 12.1 Å². The summed E-state index contributed by atoms with van der Waals surface area (Å²) in [5, 5.41) is 13.2. The molecule has 2 aliphatic rings. The molecule has 3 heterocycles. The number of carbonyl (C=O) groups is 2. The predicted octanol–water partition coefficient (Wildman–Crippen LogP) is 2.05. The van der Waals surface area contributed by atoms with Crippen LogP contribution in [-0.2, 0) is 12.8 Å². The Balaban J connectivity index is 1.43.